The third-order valence-corrected chi connectivity index (χ3v) is 6.47. The molecule has 0 fully saturated rings. The number of carbonyl (C=O) groups is 2. The summed E-state index contributed by atoms with van der Waals surface area (Å²) in [7, 11) is -4.11. The van der Waals surface area contributed by atoms with Gasteiger partial charge in [-0.25, -0.2) is 13.2 Å². The van der Waals surface area contributed by atoms with Crippen LogP contribution in [0.1, 0.15) is 20.8 Å². The number of aromatic nitrogens is 2. The lowest BCUT2D eigenvalue weighted by Crippen LogP contribution is -2.48. The average molecular weight is 467 g/mol. The Morgan fingerprint density at radius 2 is 2.06 bits per heavy atom. The molecule has 0 radical (unpaired) electrons. The molecule has 1 aliphatic heterocycles. The first-order chi connectivity index (χ1) is 15.1. The van der Waals surface area contributed by atoms with E-state index in [-0.39, 0.29) is 46.8 Å². The van der Waals surface area contributed by atoms with E-state index in [2.05, 4.69) is 21.0 Å². The van der Waals surface area contributed by atoms with Gasteiger partial charge < -0.3 is 20.5 Å². The van der Waals surface area contributed by atoms with Crippen LogP contribution in [0.25, 0.3) is 0 Å². The summed E-state index contributed by atoms with van der Waals surface area (Å²) in [6, 6.07) is 4.36. The molecular formula is C19H26N6O6S. The molecule has 174 valence electrons. The third-order valence-electron chi connectivity index (χ3n) is 4.69. The highest BCUT2D eigenvalue weighted by Gasteiger charge is 2.37. The van der Waals surface area contributed by atoms with Gasteiger partial charge in [-0.15, -0.1) is 0 Å². The topological polar surface area (TPSA) is 155 Å². The Balaban J connectivity index is 2.08. The molecule has 1 aromatic heterocycles. The van der Waals surface area contributed by atoms with Gasteiger partial charge in [-0.1, -0.05) is 0 Å². The van der Waals surface area contributed by atoms with E-state index in [0.717, 1.165) is 4.31 Å². The molecule has 0 bridgehead atoms. The van der Waals surface area contributed by atoms with Gasteiger partial charge in [-0.05, 0) is 32.0 Å². The number of fused-ring (bicyclic) bond motifs is 1. The van der Waals surface area contributed by atoms with Gasteiger partial charge in [0.15, 0.2) is 5.82 Å². The summed E-state index contributed by atoms with van der Waals surface area (Å²) in [5, 5.41) is 21.1. The van der Waals surface area contributed by atoms with Crippen LogP contribution in [-0.2, 0) is 21.4 Å². The number of nitrogens with one attached hydrogen (secondary N) is 3. The SMILES string of the molecule is CCNc1nn(CC)cc1S(=O)(=O)N1CC(CNC(C)=O)Oc2ccc(NC(=O)O)cc21. The number of nitrogens with zero attached hydrogens (tertiary/aromatic N) is 3. The maximum absolute atomic E-state index is 13.7. The number of hydrogen-bond donors (Lipinski definition) is 4. The minimum atomic E-state index is -4.11. The molecule has 0 aliphatic carbocycles. The number of benzene rings is 1. The Bertz CT molecular complexity index is 1120. The van der Waals surface area contributed by atoms with Crippen LogP contribution in [0.15, 0.2) is 29.3 Å². The van der Waals surface area contributed by atoms with Crippen LogP contribution in [-0.4, -0.2) is 61.0 Å². The van der Waals surface area contributed by atoms with E-state index < -0.39 is 22.2 Å². The fraction of sp³-hybridized carbons (Fsp3) is 0.421. The van der Waals surface area contributed by atoms with Crippen molar-refractivity contribution in [1.82, 2.24) is 15.1 Å². The summed E-state index contributed by atoms with van der Waals surface area (Å²) in [4.78, 5) is 22.4. The molecule has 1 unspecified atom stereocenters. The number of aryl methyl sites for hydroxylation is 1. The largest absolute Gasteiger partial charge is 0.484 e. The van der Waals surface area contributed by atoms with E-state index in [9.17, 15) is 18.0 Å². The number of hydrogen-bond acceptors (Lipinski definition) is 7. The van der Waals surface area contributed by atoms with E-state index in [1.54, 1.807) is 0 Å². The number of rotatable bonds is 8. The zero-order valence-corrected chi connectivity index (χ0v) is 18.8. The van der Waals surface area contributed by atoms with Crippen molar-refractivity contribution in [2.24, 2.45) is 0 Å². The predicted molar refractivity (Wildman–Crippen MR) is 118 cm³/mol. The van der Waals surface area contributed by atoms with Crippen LogP contribution in [0.4, 0.5) is 22.0 Å². The van der Waals surface area contributed by atoms with Gasteiger partial charge in [0.1, 0.15) is 16.7 Å². The molecular weight excluding hydrogens is 440 g/mol. The van der Waals surface area contributed by atoms with Crippen molar-refractivity contribution in [3.05, 3.63) is 24.4 Å². The predicted octanol–water partition coefficient (Wildman–Crippen LogP) is 1.52. The van der Waals surface area contributed by atoms with Crippen molar-refractivity contribution in [2.75, 3.05) is 34.6 Å². The zero-order chi connectivity index (χ0) is 23.5. The molecule has 1 atom stereocenters. The van der Waals surface area contributed by atoms with Gasteiger partial charge in [0, 0.05) is 31.9 Å². The number of amides is 2. The first kappa shape index (κ1) is 23.2. The highest BCUT2D eigenvalue weighted by molar-refractivity contribution is 7.93. The molecule has 4 N–H and O–H groups in total. The lowest BCUT2D eigenvalue weighted by Gasteiger charge is -2.35. The monoisotopic (exact) mass is 466 g/mol. The molecule has 0 spiro atoms. The second-order valence-corrected chi connectivity index (χ2v) is 8.88. The number of anilines is 3. The number of sulfonamides is 1. The minimum Gasteiger partial charge on any atom is -0.484 e. The molecule has 2 aromatic rings. The summed E-state index contributed by atoms with van der Waals surface area (Å²) < 4.78 is 36.0. The van der Waals surface area contributed by atoms with E-state index in [0.29, 0.717) is 13.1 Å². The third kappa shape index (κ3) is 4.88. The standard InChI is InChI=1S/C19H26N6O6S/c1-4-20-18-17(11-24(5-2)23-18)32(29,30)25-10-14(9-21-12(3)26)31-16-7-6-13(8-15(16)25)22-19(27)28/h6-8,11,14,22H,4-5,9-10H2,1-3H3,(H,20,23)(H,21,26)(H,27,28). The van der Waals surface area contributed by atoms with E-state index >= 15 is 0 Å². The van der Waals surface area contributed by atoms with Crippen molar-refractivity contribution in [1.29, 1.82) is 0 Å². The first-order valence-electron chi connectivity index (χ1n) is 10.0. The molecule has 1 aliphatic rings. The Morgan fingerprint density at radius 1 is 1.31 bits per heavy atom. The van der Waals surface area contributed by atoms with Crippen molar-refractivity contribution in [2.45, 2.75) is 38.3 Å². The highest BCUT2D eigenvalue weighted by Crippen LogP contribution is 2.39. The zero-order valence-electron chi connectivity index (χ0n) is 18.0. The Labute approximate surface area is 185 Å². The summed E-state index contributed by atoms with van der Waals surface area (Å²) in [5.41, 5.74) is 0.374. The summed E-state index contributed by atoms with van der Waals surface area (Å²) in [6.45, 7) is 6.00. The van der Waals surface area contributed by atoms with Crippen molar-refractivity contribution < 1.29 is 27.9 Å². The molecule has 32 heavy (non-hydrogen) atoms. The van der Waals surface area contributed by atoms with Crippen LogP contribution < -0.4 is 25.0 Å². The summed E-state index contributed by atoms with van der Waals surface area (Å²) >= 11 is 0. The maximum Gasteiger partial charge on any atom is 0.409 e. The van der Waals surface area contributed by atoms with E-state index in [1.165, 1.54) is 36.0 Å². The smallest absolute Gasteiger partial charge is 0.409 e. The van der Waals surface area contributed by atoms with Gasteiger partial charge in [0.25, 0.3) is 10.0 Å². The second kappa shape index (κ2) is 9.34. The molecule has 12 nitrogen and oxygen atoms in total. The molecule has 0 saturated heterocycles. The van der Waals surface area contributed by atoms with Crippen LogP contribution in [0.3, 0.4) is 0 Å². The Morgan fingerprint density at radius 3 is 2.69 bits per heavy atom. The van der Waals surface area contributed by atoms with Gasteiger partial charge in [-0.2, -0.15) is 5.10 Å². The number of carbonyl (C=O) groups excluding carboxylic acids is 1. The fourth-order valence-electron chi connectivity index (χ4n) is 3.27. The fourth-order valence-corrected chi connectivity index (χ4v) is 4.88. The lowest BCUT2D eigenvalue weighted by atomic mass is 10.2. The van der Waals surface area contributed by atoms with Crippen LogP contribution >= 0.6 is 0 Å². The number of carboxylic acid groups (broad SMARTS) is 1. The Hall–Kier alpha value is -3.48. The summed E-state index contributed by atoms with van der Waals surface area (Å²) in [6.07, 6.45) is -0.480. The van der Waals surface area contributed by atoms with Crippen molar-refractivity contribution >= 4 is 39.2 Å². The maximum atomic E-state index is 13.7. The van der Waals surface area contributed by atoms with Crippen LogP contribution in [0.2, 0.25) is 0 Å². The normalized spacial score (nSPS) is 15.5. The average Bonchev–Trinajstić information content (AvgIpc) is 3.15. The Kier molecular flexibility index (Phi) is 6.77. The van der Waals surface area contributed by atoms with E-state index in [4.69, 9.17) is 9.84 Å². The molecule has 2 amide bonds. The van der Waals surface area contributed by atoms with Crippen molar-refractivity contribution in [3.8, 4) is 5.75 Å². The molecule has 13 heteroatoms. The van der Waals surface area contributed by atoms with Crippen LogP contribution in [0.5, 0.6) is 5.75 Å². The minimum absolute atomic E-state index is 0.0103. The van der Waals surface area contributed by atoms with Crippen LogP contribution in [0, 0.1) is 0 Å². The molecule has 0 saturated carbocycles. The van der Waals surface area contributed by atoms with Gasteiger partial charge >= 0.3 is 6.09 Å². The summed E-state index contributed by atoms with van der Waals surface area (Å²) in [5.74, 6) is 0.202. The quantitative estimate of drug-likeness (QED) is 0.456. The van der Waals surface area contributed by atoms with Gasteiger partial charge in [-0.3, -0.25) is 19.1 Å². The molecule has 3 rings (SSSR count). The molecule has 1 aromatic carbocycles. The lowest BCUT2D eigenvalue weighted by molar-refractivity contribution is -0.119. The van der Waals surface area contributed by atoms with E-state index in [1.807, 2.05) is 13.8 Å². The number of ether oxygens (including phenoxy) is 1. The van der Waals surface area contributed by atoms with Gasteiger partial charge in [0.05, 0.1) is 18.8 Å². The second-order valence-electron chi connectivity index (χ2n) is 7.05. The van der Waals surface area contributed by atoms with Crippen molar-refractivity contribution in [3.63, 3.8) is 0 Å². The van der Waals surface area contributed by atoms with Gasteiger partial charge in [0.2, 0.25) is 5.91 Å². The highest BCUT2D eigenvalue weighted by atomic mass is 32.2. The molecule has 2 heterocycles. The first-order valence-corrected chi connectivity index (χ1v) is 11.5.